The number of hydrogen-bond donors (Lipinski definition) is 1. The Hall–Kier alpha value is -0.340. The average molecular weight is 186 g/mol. The summed E-state index contributed by atoms with van der Waals surface area (Å²) in [6.45, 7) is 6.69. The Balaban J connectivity index is 4.09. The highest BCUT2D eigenvalue weighted by molar-refractivity contribution is 4.89. The molecule has 2 nitrogen and oxygen atoms in total. The molecule has 0 rings (SSSR count). The third kappa shape index (κ3) is 4.44. The molecular formula is C11H22O2. The molecule has 0 amide bonds. The fraction of sp³-hybridized carbons (Fsp3) is 0.818. The maximum Gasteiger partial charge on any atom is 0.0656 e. The molecule has 0 radical (unpaired) electrons. The minimum Gasteiger partial charge on any atom is -0.392 e. The average Bonchev–Trinajstić information content (AvgIpc) is 2.12. The predicted octanol–water partition coefficient (Wildman–Crippen LogP) is 2.38. The van der Waals surface area contributed by atoms with Crippen molar-refractivity contribution in [2.45, 2.75) is 39.7 Å². The summed E-state index contributed by atoms with van der Waals surface area (Å²) in [4.78, 5) is 0. The van der Waals surface area contributed by atoms with Crippen LogP contribution in [0.5, 0.6) is 0 Å². The third-order valence-electron chi connectivity index (χ3n) is 2.69. The maximum atomic E-state index is 8.58. The number of ether oxygens (including phenoxy) is 1. The highest BCUT2D eigenvalue weighted by atomic mass is 16.5. The van der Waals surface area contributed by atoms with Crippen LogP contribution in [0.15, 0.2) is 12.2 Å². The van der Waals surface area contributed by atoms with Gasteiger partial charge in [-0.2, -0.15) is 0 Å². The van der Waals surface area contributed by atoms with Crippen molar-refractivity contribution in [1.82, 2.24) is 0 Å². The van der Waals surface area contributed by atoms with Crippen molar-refractivity contribution >= 4 is 0 Å². The van der Waals surface area contributed by atoms with E-state index < -0.39 is 0 Å². The standard InChI is InChI=1S/C11H22O2/c1-5-11(2,3)10(13-4)8-6-7-9-12/h6-7,10,12H,5,8-9H2,1-4H3/b7-6+. The zero-order valence-electron chi connectivity index (χ0n) is 9.21. The van der Waals surface area contributed by atoms with Gasteiger partial charge in [0.05, 0.1) is 12.7 Å². The molecular weight excluding hydrogens is 164 g/mol. The van der Waals surface area contributed by atoms with Crippen molar-refractivity contribution in [3.05, 3.63) is 12.2 Å². The lowest BCUT2D eigenvalue weighted by atomic mass is 9.82. The molecule has 13 heavy (non-hydrogen) atoms. The molecule has 78 valence electrons. The second kappa shape index (κ2) is 6.17. The molecule has 1 unspecified atom stereocenters. The highest BCUT2D eigenvalue weighted by Crippen LogP contribution is 2.29. The minimum atomic E-state index is 0.114. The molecule has 0 spiro atoms. The molecule has 0 saturated heterocycles. The van der Waals surface area contributed by atoms with Crippen molar-refractivity contribution in [3.63, 3.8) is 0 Å². The summed E-state index contributed by atoms with van der Waals surface area (Å²) in [5.41, 5.74) is 0.203. The van der Waals surface area contributed by atoms with Gasteiger partial charge in [-0.05, 0) is 18.3 Å². The normalized spacial score (nSPS) is 15.2. The molecule has 0 saturated carbocycles. The summed E-state index contributed by atoms with van der Waals surface area (Å²) < 4.78 is 5.42. The van der Waals surface area contributed by atoms with E-state index in [-0.39, 0.29) is 18.1 Å². The van der Waals surface area contributed by atoms with E-state index in [1.165, 1.54) is 0 Å². The Morgan fingerprint density at radius 3 is 2.38 bits per heavy atom. The first-order chi connectivity index (χ1) is 6.08. The quantitative estimate of drug-likeness (QED) is 0.645. The first-order valence-electron chi connectivity index (χ1n) is 4.87. The Kier molecular flexibility index (Phi) is 6.00. The van der Waals surface area contributed by atoms with E-state index in [2.05, 4.69) is 20.8 Å². The van der Waals surface area contributed by atoms with Gasteiger partial charge in [0.15, 0.2) is 0 Å². The van der Waals surface area contributed by atoms with Gasteiger partial charge in [-0.3, -0.25) is 0 Å². The van der Waals surface area contributed by atoms with Crippen molar-refractivity contribution in [1.29, 1.82) is 0 Å². The van der Waals surface area contributed by atoms with E-state index in [1.54, 1.807) is 13.2 Å². The molecule has 1 N–H and O–H groups in total. The van der Waals surface area contributed by atoms with Gasteiger partial charge in [-0.15, -0.1) is 0 Å². The zero-order chi connectivity index (χ0) is 10.3. The Morgan fingerprint density at radius 1 is 1.38 bits per heavy atom. The van der Waals surface area contributed by atoms with E-state index in [9.17, 15) is 0 Å². The lowest BCUT2D eigenvalue weighted by Crippen LogP contribution is -2.30. The molecule has 0 aromatic carbocycles. The molecule has 0 aliphatic rings. The number of methoxy groups -OCH3 is 1. The Bertz CT molecular complexity index is 150. The molecule has 0 bridgehead atoms. The van der Waals surface area contributed by atoms with Crippen LogP contribution >= 0.6 is 0 Å². The summed E-state index contributed by atoms with van der Waals surface area (Å²) in [7, 11) is 1.74. The summed E-state index contributed by atoms with van der Waals surface area (Å²) in [6.07, 6.45) is 5.94. The van der Waals surface area contributed by atoms with Gasteiger partial charge in [-0.25, -0.2) is 0 Å². The fourth-order valence-electron chi connectivity index (χ4n) is 1.26. The number of hydrogen-bond acceptors (Lipinski definition) is 2. The van der Waals surface area contributed by atoms with E-state index in [1.807, 2.05) is 6.08 Å². The summed E-state index contributed by atoms with van der Waals surface area (Å²) in [6, 6.07) is 0. The minimum absolute atomic E-state index is 0.114. The van der Waals surface area contributed by atoms with Gasteiger partial charge in [0.25, 0.3) is 0 Å². The number of aliphatic hydroxyl groups is 1. The Morgan fingerprint density at radius 2 is 2.00 bits per heavy atom. The van der Waals surface area contributed by atoms with Crippen LogP contribution in [0, 0.1) is 5.41 Å². The second-order valence-electron chi connectivity index (χ2n) is 3.96. The van der Waals surface area contributed by atoms with Crippen molar-refractivity contribution in [2.75, 3.05) is 13.7 Å². The maximum absolute atomic E-state index is 8.58. The molecule has 0 aromatic heterocycles. The van der Waals surface area contributed by atoms with Gasteiger partial charge in [0.2, 0.25) is 0 Å². The zero-order valence-corrected chi connectivity index (χ0v) is 9.21. The van der Waals surface area contributed by atoms with Crippen LogP contribution in [-0.2, 0) is 4.74 Å². The van der Waals surface area contributed by atoms with Gasteiger partial charge >= 0.3 is 0 Å². The van der Waals surface area contributed by atoms with Crippen LogP contribution in [0.4, 0.5) is 0 Å². The molecule has 2 heteroatoms. The predicted molar refractivity (Wildman–Crippen MR) is 55.7 cm³/mol. The van der Waals surface area contributed by atoms with Crippen molar-refractivity contribution in [2.24, 2.45) is 5.41 Å². The van der Waals surface area contributed by atoms with Crippen LogP contribution in [0.1, 0.15) is 33.6 Å². The van der Waals surface area contributed by atoms with Crippen molar-refractivity contribution in [3.8, 4) is 0 Å². The lowest BCUT2D eigenvalue weighted by molar-refractivity contribution is 0.00715. The summed E-state index contributed by atoms with van der Waals surface area (Å²) in [5, 5.41) is 8.58. The second-order valence-corrected chi connectivity index (χ2v) is 3.96. The monoisotopic (exact) mass is 186 g/mol. The van der Waals surface area contributed by atoms with Gasteiger partial charge in [-0.1, -0.05) is 32.9 Å². The fourth-order valence-corrected chi connectivity index (χ4v) is 1.26. The van der Waals surface area contributed by atoms with Gasteiger partial charge < -0.3 is 9.84 Å². The molecule has 0 aromatic rings. The largest absolute Gasteiger partial charge is 0.392 e. The summed E-state index contributed by atoms with van der Waals surface area (Å²) in [5.74, 6) is 0. The van der Waals surface area contributed by atoms with Crippen LogP contribution in [0.3, 0.4) is 0 Å². The van der Waals surface area contributed by atoms with E-state index in [0.717, 1.165) is 12.8 Å². The molecule has 0 aliphatic carbocycles. The highest BCUT2D eigenvalue weighted by Gasteiger charge is 2.26. The van der Waals surface area contributed by atoms with E-state index in [4.69, 9.17) is 9.84 Å². The topological polar surface area (TPSA) is 29.5 Å². The van der Waals surface area contributed by atoms with Crippen LogP contribution < -0.4 is 0 Å². The SMILES string of the molecule is CCC(C)(C)C(C/C=C/CO)OC. The van der Waals surface area contributed by atoms with Gasteiger partial charge in [0.1, 0.15) is 0 Å². The van der Waals surface area contributed by atoms with Crippen LogP contribution in [-0.4, -0.2) is 24.9 Å². The lowest BCUT2D eigenvalue weighted by Gasteiger charge is -2.31. The first-order valence-corrected chi connectivity index (χ1v) is 4.87. The molecule has 1 atom stereocenters. The number of rotatable bonds is 6. The summed E-state index contributed by atoms with van der Waals surface area (Å²) >= 11 is 0. The smallest absolute Gasteiger partial charge is 0.0656 e. The van der Waals surface area contributed by atoms with Crippen LogP contribution in [0.25, 0.3) is 0 Å². The third-order valence-corrected chi connectivity index (χ3v) is 2.69. The first kappa shape index (κ1) is 12.7. The van der Waals surface area contributed by atoms with Crippen LogP contribution in [0.2, 0.25) is 0 Å². The molecule has 0 heterocycles. The Labute approximate surface area is 81.6 Å². The van der Waals surface area contributed by atoms with Crippen molar-refractivity contribution < 1.29 is 9.84 Å². The number of aliphatic hydroxyl groups excluding tert-OH is 1. The van der Waals surface area contributed by atoms with Gasteiger partial charge in [0, 0.05) is 7.11 Å². The van der Waals surface area contributed by atoms with E-state index in [0.29, 0.717) is 0 Å². The molecule has 0 aliphatic heterocycles. The molecule has 0 fully saturated rings. The van der Waals surface area contributed by atoms with E-state index >= 15 is 0 Å².